The predicted molar refractivity (Wildman–Crippen MR) is 82.8 cm³/mol. The summed E-state index contributed by atoms with van der Waals surface area (Å²) in [5.41, 5.74) is 2.34. The second-order valence-electron chi connectivity index (χ2n) is 5.34. The number of benzene rings is 1. The minimum atomic E-state index is 0.548. The summed E-state index contributed by atoms with van der Waals surface area (Å²) < 4.78 is 16.5. The van der Waals surface area contributed by atoms with Crippen molar-refractivity contribution in [2.45, 2.75) is 18.8 Å². The normalized spacial score (nSPS) is 16.1. The zero-order valence-corrected chi connectivity index (χ0v) is 12.8. The molecule has 2 N–H and O–H groups in total. The van der Waals surface area contributed by atoms with Gasteiger partial charge in [0.15, 0.2) is 11.5 Å². The van der Waals surface area contributed by atoms with Gasteiger partial charge in [-0.1, -0.05) is 0 Å². The third-order valence-electron chi connectivity index (χ3n) is 4.28. The number of piperidine rings is 1. The molecule has 1 aromatic heterocycles. The number of fused-ring (bicyclic) bond motifs is 1. The third kappa shape index (κ3) is 2.31. The molecular formula is C16H22N2O3. The van der Waals surface area contributed by atoms with Crippen LogP contribution >= 0.6 is 0 Å². The Morgan fingerprint density at radius 1 is 1.00 bits per heavy atom. The van der Waals surface area contributed by atoms with E-state index in [1.807, 2.05) is 6.07 Å². The maximum Gasteiger partial charge on any atom is 0.204 e. The molecule has 0 saturated carbocycles. The van der Waals surface area contributed by atoms with Crippen LogP contribution < -0.4 is 19.5 Å². The summed E-state index contributed by atoms with van der Waals surface area (Å²) in [5, 5.41) is 4.52. The van der Waals surface area contributed by atoms with E-state index in [4.69, 9.17) is 14.2 Å². The predicted octanol–water partition coefficient (Wildman–Crippen LogP) is 2.66. The molecule has 1 aliphatic rings. The maximum atomic E-state index is 5.64. The van der Waals surface area contributed by atoms with Crippen molar-refractivity contribution in [1.29, 1.82) is 0 Å². The number of rotatable bonds is 4. The van der Waals surface area contributed by atoms with Gasteiger partial charge in [-0.15, -0.1) is 0 Å². The van der Waals surface area contributed by atoms with Crippen LogP contribution in [0.4, 0.5) is 0 Å². The second kappa shape index (κ2) is 5.85. The first-order chi connectivity index (χ1) is 10.3. The molecule has 1 aliphatic heterocycles. The van der Waals surface area contributed by atoms with Crippen LogP contribution in [0.15, 0.2) is 12.3 Å². The van der Waals surface area contributed by atoms with Crippen LogP contribution in [0.2, 0.25) is 0 Å². The molecule has 0 amide bonds. The molecule has 0 bridgehead atoms. The zero-order valence-electron chi connectivity index (χ0n) is 12.8. The van der Waals surface area contributed by atoms with Crippen molar-refractivity contribution in [3.63, 3.8) is 0 Å². The van der Waals surface area contributed by atoms with Crippen LogP contribution in [0.3, 0.4) is 0 Å². The number of nitrogens with one attached hydrogen (secondary N) is 2. The Kier molecular flexibility index (Phi) is 3.92. The highest BCUT2D eigenvalue weighted by Gasteiger charge is 2.24. The maximum absolute atomic E-state index is 5.64. The topological polar surface area (TPSA) is 55.5 Å². The van der Waals surface area contributed by atoms with E-state index < -0.39 is 0 Å². The summed E-state index contributed by atoms with van der Waals surface area (Å²) in [6, 6.07) is 1.97. The van der Waals surface area contributed by atoms with Crippen molar-refractivity contribution < 1.29 is 14.2 Å². The number of ether oxygens (including phenoxy) is 3. The summed E-state index contributed by atoms with van der Waals surface area (Å²) in [6.45, 7) is 2.12. The molecule has 5 nitrogen and oxygen atoms in total. The Labute approximate surface area is 124 Å². The lowest BCUT2D eigenvalue weighted by atomic mass is 9.89. The molecule has 2 heterocycles. The second-order valence-corrected chi connectivity index (χ2v) is 5.34. The summed E-state index contributed by atoms with van der Waals surface area (Å²) in [6.07, 6.45) is 4.39. The number of methoxy groups -OCH3 is 3. The standard InChI is InChI=1S/C16H22N2O3/c1-19-13-8-12-14(16(21-3)15(13)20-2)11(9-18-12)10-4-6-17-7-5-10/h8-10,17-18H,4-7H2,1-3H3. The lowest BCUT2D eigenvalue weighted by Crippen LogP contribution is -2.26. The number of aromatic amines is 1. The fourth-order valence-electron chi connectivity index (χ4n) is 3.24. The molecule has 0 spiro atoms. The van der Waals surface area contributed by atoms with Crippen molar-refractivity contribution in [2.24, 2.45) is 0 Å². The van der Waals surface area contributed by atoms with E-state index in [9.17, 15) is 0 Å². The largest absolute Gasteiger partial charge is 0.493 e. The van der Waals surface area contributed by atoms with Gasteiger partial charge in [0.2, 0.25) is 5.75 Å². The quantitative estimate of drug-likeness (QED) is 0.909. The van der Waals surface area contributed by atoms with Gasteiger partial charge >= 0.3 is 0 Å². The Morgan fingerprint density at radius 3 is 2.33 bits per heavy atom. The lowest BCUT2D eigenvalue weighted by Gasteiger charge is -2.23. The van der Waals surface area contributed by atoms with E-state index in [2.05, 4.69) is 16.5 Å². The highest BCUT2D eigenvalue weighted by molar-refractivity contribution is 5.94. The van der Waals surface area contributed by atoms with E-state index in [0.29, 0.717) is 17.4 Å². The summed E-state index contributed by atoms with van der Waals surface area (Å²) in [4.78, 5) is 3.35. The first kappa shape index (κ1) is 14.1. The SMILES string of the molecule is COc1cc2[nH]cc(C3CCNCC3)c2c(OC)c1OC. The molecule has 0 unspecified atom stereocenters. The van der Waals surface area contributed by atoms with Gasteiger partial charge in [0.05, 0.1) is 26.8 Å². The molecule has 114 valence electrons. The average Bonchev–Trinajstić information content (AvgIpc) is 2.97. The van der Waals surface area contributed by atoms with Gasteiger partial charge < -0.3 is 24.5 Å². The Hall–Kier alpha value is -1.88. The Morgan fingerprint density at radius 2 is 1.71 bits per heavy atom. The van der Waals surface area contributed by atoms with Crippen LogP contribution in [0.5, 0.6) is 17.2 Å². The molecule has 1 aromatic carbocycles. The fourth-order valence-corrected chi connectivity index (χ4v) is 3.24. The van der Waals surface area contributed by atoms with Crippen LogP contribution in [-0.4, -0.2) is 39.4 Å². The van der Waals surface area contributed by atoms with Crippen molar-refractivity contribution in [3.05, 3.63) is 17.8 Å². The highest BCUT2D eigenvalue weighted by Crippen LogP contribution is 2.46. The van der Waals surface area contributed by atoms with Gasteiger partial charge in [-0.05, 0) is 37.4 Å². The van der Waals surface area contributed by atoms with Crippen LogP contribution in [-0.2, 0) is 0 Å². The van der Waals surface area contributed by atoms with E-state index in [1.54, 1.807) is 21.3 Å². The molecule has 0 aliphatic carbocycles. The molecule has 1 saturated heterocycles. The van der Waals surface area contributed by atoms with Crippen molar-refractivity contribution >= 4 is 10.9 Å². The Bertz CT molecular complexity index is 630. The zero-order chi connectivity index (χ0) is 14.8. The highest BCUT2D eigenvalue weighted by atomic mass is 16.5. The summed E-state index contributed by atoms with van der Waals surface area (Å²) in [5.74, 6) is 2.64. The number of hydrogen-bond donors (Lipinski definition) is 2. The first-order valence-corrected chi connectivity index (χ1v) is 7.30. The number of hydrogen-bond acceptors (Lipinski definition) is 4. The van der Waals surface area contributed by atoms with Gasteiger partial charge in [0.25, 0.3) is 0 Å². The fraction of sp³-hybridized carbons (Fsp3) is 0.500. The minimum Gasteiger partial charge on any atom is -0.493 e. The van der Waals surface area contributed by atoms with Gasteiger partial charge in [0, 0.05) is 17.6 Å². The van der Waals surface area contributed by atoms with Crippen LogP contribution in [0.1, 0.15) is 24.3 Å². The third-order valence-corrected chi connectivity index (χ3v) is 4.28. The molecule has 2 aromatic rings. The van der Waals surface area contributed by atoms with E-state index in [-0.39, 0.29) is 0 Å². The monoisotopic (exact) mass is 290 g/mol. The van der Waals surface area contributed by atoms with E-state index in [0.717, 1.165) is 42.6 Å². The van der Waals surface area contributed by atoms with Crippen molar-refractivity contribution in [3.8, 4) is 17.2 Å². The van der Waals surface area contributed by atoms with Gasteiger partial charge in [-0.2, -0.15) is 0 Å². The summed E-state index contributed by atoms with van der Waals surface area (Å²) in [7, 11) is 4.96. The van der Waals surface area contributed by atoms with Crippen LogP contribution in [0.25, 0.3) is 10.9 Å². The minimum absolute atomic E-state index is 0.548. The molecule has 21 heavy (non-hydrogen) atoms. The molecule has 0 atom stereocenters. The molecular weight excluding hydrogens is 268 g/mol. The smallest absolute Gasteiger partial charge is 0.204 e. The molecule has 5 heteroatoms. The molecule has 3 rings (SSSR count). The number of H-pyrrole nitrogens is 1. The van der Waals surface area contributed by atoms with Crippen LogP contribution in [0, 0.1) is 0 Å². The van der Waals surface area contributed by atoms with Gasteiger partial charge in [0.1, 0.15) is 0 Å². The van der Waals surface area contributed by atoms with Crippen molar-refractivity contribution in [1.82, 2.24) is 10.3 Å². The number of aromatic nitrogens is 1. The van der Waals surface area contributed by atoms with E-state index in [1.165, 1.54) is 5.56 Å². The van der Waals surface area contributed by atoms with E-state index >= 15 is 0 Å². The van der Waals surface area contributed by atoms with Gasteiger partial charge in [-0.25, -0.2) is 0 Å². The lowest BCUT2D eigenvalue weighted by molar-refractivity contribution is 0.327. The average molecular weight is 290 g/mol. The van der Waals surface area contributed by atoms with Crippen molar-refractivity contribution in [2.75, 3.05) is 34.4 Å². The first-order valence-electron chi connectivity index (χ1n) is 7.30. The Balaban J connectivity index is 2.18. The molecule has 0 radical (unpaired) electrons. The summed E-state index contributed by atoms with van der Waals surface area (Å²) >= 11 is 0. The van der Waals surface area contributed by atoms with Gasteiger partial charge in [-0.3, -0.25) is 0 Å². The molecule has 1 fully saturated rings.